The molecule has 2 aliphatic rings. The van der Waals surface area contributed by atoms with Gasteiger partial charge in [-0.2, -0.15) is 0 Å². The molecule has 1 saturated carbocycles. The van der Waals surface area contributed by atoms with E-state index in [1.807, 2.05) is 30.3 Å². The van der Waals surface area contributed by atoms with Crippen molar-refractivity contribution in [1.82, 2.24) is 4.90 Å². The Morgan fingerprint density at radius 2 is 1.85 bits per heavy atom. The normalized spacial score (nSPS) is 28.0. The summed E-state index contributed by atoms with van der Waals surface area (Å²) in [4.78, 5) is 26.1. The monoisotopic (exact) mass is 272 g/mol. The summed E-state index contributed by atoms with van der Waals surface area (Å²) in [5, 5.41) is 12.1. The van der Waals surface area contributed by atoms with Crippen LogP contribution in [0.15, 0.2) is 35.5 Å². The quantitative estimate of drug-likeness (QED) is 0.507. The maximum atomic E-state index is 12.4. The Bertz CT molecular complexity index is 568. The van der Waals surface area contributed by atoms with Crippen molar-refractivity contribution >= 4 is 17.5 Å². The highest BCUT2D eigenvalue weighted by molar-refractivity contribution is 6.07. The first-order valence-electron chi connectivity index (χ1n) is 6.79. The largest absolute Gasteiger partial charge is 0.411 e. The molecular weight excluding hydrogens is 256 g/mol. The van der Waals surface area contributed by atoms with Gasteiger partial charge >= 0.3 is 0 Å². The van der Waals surface area contributed by atoms with E-state index in [4.69, 9.17) is 5.21 Å². The van der Waals surface area contributed by atoms with Crippen molar-refractivity contribution < 1.29 is 14.8 Å². The molecule has 1 heterocycles. The summed E-state index contributed by atoms with van der Waals surface area (Å²) >= 11 is 0. The Morgan fingerprint density at radius 1 is 1.15 bits per heavy atom. The Kier molecular flexibility index (Phi) is 3.26. The minimum absolute atomic E-state index is 0.0826. The Morgan fingerprint density at radius 3 is 2.55 bits per heavy atom. The van der Waals surface area contributed by atoms with Gasteiger partial charge in [-0.25, -0.2) is 0 Å². The molecule has 0 bridgehead atoms. The third kappa shape index (κ3) is 2.09. The lowest BCUT2D eigenvalue weighted by molar-refractivity contribution is -0.140. The summed E-state index contributed by atoms with van der Waals surface area (Å²) in [6.45, 7) is 0.330. The maximum absolute atomic E-state index is 12.4. The number of amides is 2. The molecule has 1 aliphatic heterocycles. The van der Waals surface area contributed by atoms with Crippen LogP contribution in [0, 0.1) is 11.8 Å². The van der Waals surface area contributed by atoms with Crippen molar-refractivity contribution in [2.45, 2.75) is 25.8 Å². The number of nitrogens with zero attached hydrogens (tertiary/aromatic N) is 2. The number of carbonyl (C=O) groups excluding carboxylic acids is 2. The summed E-state index contributed by atoms with van der Waals surface area (Å²) in [6.07, 6.45) is 1.59. The molecule has 0 radical (unpaired) electrons. The number of oxime groups is 1. The van der Waals surface area contributed by atoms with Crippen LogP contribution in [0.2, 0.25) is 0 Å². The Labute approximate surface area is 116 Å². The average Bonchev–Trinajstić information content (AvgIpc) is 2.73. The molecule has 2 amide bonds. The molecule has 2 atom stereocenters. The van der Waals surface area contributed by atoms with E-state index in [0.717, 1.165) is 5.56 Å². The molecule has 3 rings (SSSR count). The molecule has 0 unspecified atom stereocenters. The lowest BCUT2D eigenvalue weighted by Crippen LogP contribution is -2.30. The second-order valence-electron chi connectivity index (χ2n) is 5.37. The molecule has 2 fully saturated rings. The number of hydrogen-bond donors (Lipinski definition) is 1. The molecule has 1 aromatic rings. The molecule has 0 spiro atoms. The molecular formula is C15H16N2O3. The Hall–Kier alpha value is -2.17. The minimum Gasteiger partial charge on any atom is -0.411 e. The number of fused-ring (bicyclic) bond motifs is 1. The van der Waals surface area contributed by atoms with Gasteiger partial charge in [-0.05, 0) is 18.4 Å². The van der Waals surface area contributed by atoms with Crippen molar-refractivity contribution in [3.8, 4) is 0 Å². The summed E-state index contributed by atoms with van der Waals surface area (Å²) in [5.74, 6) is -0.798. The summed E-state index contributed by atoms with van der Waals surface area (Å²) in [7, 11) is 0. The number of benzene rings is 1. The van der Waals surface area contributed by atoms with E-state index in [-0.39, 0.29) is 23.7 Å². The van der Waals surface area contributed by atoms with Gasteiger partial charge in [0, 0.05) is 6.42 Å². The SMILES string of the molecule is O=C1[C@H]2C/C(=N/O)CC[C@H]2C(=O)N1Cc1ccccc1. The van der Waals surface area contributed by atoms with Gasteiger partial charge < -0.3 is 5.21 Å². The molecule has 5 heteroatoms. The van der Waals surface area contributed by atoms with E-state index < -0.39 is 0 Å². The maximum Gasteiger partial charge on any atom is 0.233 e. The predicted molar refractivity (Wildman–Crippen MR) is 72.1 cm³/mol. The Balaban J connectivity index is 1.80. The zero-order chi connectivity index (χ0) is 14.1. The molecule has 1 N–H and O–H groups in total. The van der Waals surface area contributed by atoms with Gasteiger partial charge in [0.2, 0.25) is 11.8 Å². The molecule has 104 valence electrons. The number of likely N-dealkylation sites (tertiary alicyclic amines) is 1. The van der Waals surface area contributed by atoms with Crippen LogP contribution in [0.5, 0.6) is 0 Å². The van der Waals surface area contributed by atoms with Crippen molar-refractivity contribution in [2.75, 3.05) is 0 Å². The van der Waals surface area contributed by atoms with Crippen LogP contribution in [0.25, 0.3) is 0 Å². The zero-order valence-corrected chi connectivity index (χ0v) is 11.0. The minimum atomic E-state index is -0.342. The van der Waals surface area contributed by atoms with E-state index in [1.54, 1.807) is 0 Å². The standard InChI is InChI=1S/C15H16N2O3/c18-14-12-7-6-11(16-20)8-13(12)15(19)17(14)9-10-4-2-1-3-5-10/h1-5,12-13,20H,6-9H2/b16-11+/t12-,13+/m1/s1. The van der Waals surface area contributed by atoms with Crippen LogP contribution >= 0.6 is 0 Å². The first-order valence-corrected chi connectivity index (χ1v) is 6.79. The van der Waals surface area contributed by atoms with Gasteiger partial charge in [-0.3, -0.25) is 14.5 Å². The molecule has 5 nitrogen and oxygen atoms in total. The highest BCUT2D eigenvalue weighted by Crippen LogP contribution is 2.37. The van der Waals surface area contributed by atoms with E-state index >= 15 is 0 Å². The predicted octanol–water partition coefficient (Wildman–Crippen LogP) is 1.80. The third-order valence-corrected chi connectivity index (χ3v) is 4.18. The van der Waals surface area contributed by atoms with Gasteiger partial charge in [0.25, 0.3) is 0 Å². The van der Waals surface area contributed by atoms with Crippen molar-refractivity contribution in [3.05, 3.63) is 35.9 Å². The van der Waals surface area contributed by atoms with E-state index in [9.17, 15) is 9.59 Å². The number of hydrogen-bond acceptors (Lipinski definition) is 4. The smallest absolute Gasteiger partial charge is 0.233 e. The van der Waals surface area contributed by atoms with Crippen LogP contribution in [-0.4, -0.2) is 27.6 Å². The van der Waals surface area contributed by atoms with E-state index in [1.165, 1.54) is 4.90 Å². The van der Waals surface area contributed by atoms with Crippen LogP contribution in [0.1, 0.15) is 24.8 Å². The number of rotatable bonds is 2. The fraction of sp³-hybridized carbons (Fsp3) is 0.400. The average molecular weight is 272 g/mol. The van der Waals surface area contributed by atoms with Crippen LogP contribution in [0.3, 0.4) is 0 Å². The molecule has 1 saturated heterocycles. The molecule has 1 aromatic carbocycles. The topological polar surface area (TPSA) is 70.0 Å². The lowest BCUT2D eigenvalue weighted by Gasteiger charge is -2.20. The van der Waals surface area contributed by atoms with Crippen molar-refractivity contribution in [1.29, 1.82) is 0 Å². The first-order chi connectivity index (χ1) is 9.70. The molecule has 0 aromatic heterocycles. The van der Waals surface area contributed by atoms with Crippen LogP contribution < -0.4 is 0 Å². The van der Waals surface area contributed by atoms with Gasteiger partial charge in [0.15, 0.2) is 0 Å². The van der Waals surface area contributed by atoms with Crippen molar-refractivity contribution in [2.24, 2.45) is 17.0 Å². The molecule has 20 heavy (non-hydrogen) atoms. The van der Waals surface area contributed by atoms with Crippen LogP contribution in [0.4, 0.5) is 0 Å². The molecule has 1 aliphatic carbocycles. The summed E-state index contributed by atoms with van der Waals surface area (Å²) in [6, 6.07) is 9.50. The highest BCUT2D eigenvalue weighted by Gasteiger charge is 2.49. The van der Waals surface area contributed by atoms with Gasteiger partial charge in [-0.15, -0.1) is 0 Å². The fourth-order valence-corrected chi connectivity index (χ4v) is 3.10. The summed E-state index contributed by atoms with van der Waals surface area (Å²) < 4.78 is 0. The van der Waals surface area contributed by atoms with Gasteiger partial charge in [0.05, 0.1) is 24.1 Å². The highest BCUT2D eigenvalue weighted by atomic mass is 16.4. The second kappa shape index (κ2) is 5.07. The summed E-state index contributed by atoms with van der Waals surface area (Å²) in [5.41, 5.74) is 1.57. The first kappa shape index (κ1) is 12.8. The number of imide groups is 1. The van der Waals surface area contributed by atoms with Gasteiger partial charge in [0.1, 0.15) is 0 Å². The van der Waals surface area contributed by atoms with E-state index in [0.29, 0.717) is 31.5 Å². The van der Waals surface area contributed by atoms with Crippen LogP contribution in [-0.2, 0) is 16.1 Å². The van der Waals surface area contributed by atoms with Crippen molar-refractivity contribution in [3.63, 3.8) is 0 Å². The zero-order valence-electron chi connectivity index (χ0n) is 11.0. The van der Waals surface area contributed by atoms with E-state index in [2.05, 4.69) is 5.16 Å². The van der Waals surface area contributed by atoms with Gasteiger partial charge in [-0.1, -0.05) is 35.5 Å². The lowest BCUT2D eigenvalue weighted by atomic mass is 9.80. The number of carbonyl (C=O) groups is 2. The fourth-order valence-electron chi connectivity index (χ4n) is 3.10. The third-order valence-electron chi connectivity index (χ3n) is 4.18. The second-order valence-corrected chi connectivity index (χ2v) is 5.37.